The van der Waals surface area contributed by atoms with Gasteiger partial charge in [-0.3, -0.25) is 0 Å². The number of hydrogen-bond acceptors (Lipinski definition) is 4. The van der Waals surface area contributed by atoms with Crippen molar-refractivity contribution >= 4 is 34.4 Å². The highest BCUT2D eigenvalue weighted by Gasteiger charge is 2.31. The van der Waals surface area contributed by atoms with Crippen LogP contribution in [0.1, 0.15) is 0 Å². The highest BCUT2D eigenvalue weighted by atomic mass is 32.1. The number of nitrogens with one attached hydrogen (secondary N) is 2. The third-order valence-electron chi connectivity index (χ3n) is 3.83. The molecule has 5 nitrogen and oxygen atoms in total. The first kappa shape index (κ1) is 19.2. The molecule has 0 unspecified atom stereocenters. The number of thiocarbonyl (C=S) groups is 1. The summed E-state index contributed by atoms with van der Waals surface area (Å²) in [5.41, 5.74) is 2.26. The first-order valence-corrected chi connectivity index (χ1v) is 8.66. The van der Waals surface area contributed by atoms with Crippen LogP contribution in [0.5, 0.6) is 5.75 Å². The average Bonchev–Trinajstić information content (AvgIpc) is 2.62. The fourth-order valence-corrected chi connectivity index (χ4v) is 2.88. The van der Waals surface area contributed by atoms with E-state index < -0.39 is 6.36 Å². The Labute approximate surface area is 160 Å². The molecular weight excluding hydrogens is 379 g/mol. The van der Waals surface area contributed by atoms with E-state index in [1.165, 1.54) is 18.2 Å². The molecule has 144 valence electrons. The smallest absolute Gasteiger partial charge is 0.406 e. The molecule has 1 aliphatic heterocycles. The van der Waals surface area contributed by atoms with Crippen molar-refractivity contribution in [3.63, 3.8) is 0 Å². The number of ether oxygens (including phenoxy) is 2. The molecule has 0 aromatic heterocycles. The van der Waals surface area contributed by atoms with Crippen molar-refractivity contribution in [1.29, 1.82) is 0 Å². The second kappa shape index (κ2) is 8.45. The Bertz CT molecular complexity index is 778. The lowest BCUT2D eigenvalue weighted by Gasteiger charge is -2.29. The maximum Gasteiger partial charge on any atom is 0.573 e. The van der Waals surface area contributed by atoms with Gasteiger partial charge in [-0.1, -0.05) is 6.07 Å². The van der Waals surface area contributed by atoms with Gasteiger partial charge in [0, 0.05) is 36.2 Å². The van der Waals surface area contributed by atoms with Gasteiger partial charge in [0.25, 0.3) is 0 Å². The first-order valence-electron chi connectivity index (χ1n) is 8.26. The first-order chi connectivity index (χ1) is 12.9. The maximum absolute atomic E-state index is 12.3. The minimum absolute atomic E-state index is 0.262. The van der Waals surface area contributed by atoms with Crippen molar-refractivity contribution in [2.45, 2.75) is 6.36 Å². The molecule has 1 aliphatic rings. The molecule has 0 saturated carbocycles. The summed E-state index contributed by atoms with van der Waals surface area (Å²) < 4.78 is 46.1. The third-order valence-corrected chi connectivity index (χ3v) is 4.03. The van der Waals surface area contributed by atoms with E-state index in [-0.39, 0.29) is 10.9 Å². The number of hydrogen-bond donors (Lipinski definition) is 2. The molecule has 27 heavy (non-hydrogen) atoms. The zero-order valence-corrected chi connectivity index (χ0v) is 15.1. The Morgan fingerprint density at radius 1 is 1.00 bits per heavy atom. The topological polar surface area (TPSA) is 45.8 Å². The van der Waals surface area contributed by atoms with Crippen LogP contribution in [0.3, 0.4) is 0 Å². The van der Waals surface area contributed by atoms with Gasteiger partial charge in [0.1, 0.15) is 5.75 Å². The molecule has 9 heteroatoms. The summed E-state index contributed by atoms with van der Waals surface area (Å²) in [7, 11) is 0. The lowest BCUT2D eigenvalue weighted by molar-refractivity contribution is -0.274. The van der Waals surface area contributed by atoms with E-state index in [2.05, 4.69) is 20.3 Å². The van der Waals surface area contributed by atoms with Gasteiger partial charge in [-0.25, -0.2) is 0 Å². The molecule has 1 saturated heterocycles. The number of halogens is 3. The van der Waals surface area contributed by atoms with Crippen molar-refractivity contribution < 1.29 is 22.6 Å². The van der Waals surface area contributed by atoms with E-state index in [1.807, 2.05) is 24.3 Å². The molecule has 0 aliphatic carbocycles. The van der Waals surface area contributed by atoms with Crippen LogP contribution >= 0.6 is 12.2 Å². The van der Waals surface area contributed by atoms with Crippen LogP contribution in [-0.4, -0.2) is 37.8 Å². The molecule has 0 spiro atoms. The van der Waals surface area contributed by atoms with Crippen molar-refractivity contribution in [3.8, 4) is 5.75 Å². The predicted octanol–water partition coefficient (Wildman–Crippen LogP) is 4.23. The lowest BCUT2D eigenvalue weighted by Crippen LogP contribution is -2.36. The minimum atomic E-state index is -4.74. The average molecular weight is 397 g/mol. The largest absolute Gasteiger partial charge is 0.573 e. The van der Waals surface area contributed by atoms with E-state index in [9.17, 15) is 13.2 Å². The Hall–Kier alpha value is -2.52. The van der Waals surface area contributed by atoms with E-state index in [1.54, 1.807) is 6.07 Å². The third kappa shape index (κ3) is 6.00. The minimum Gasteiger partial charge on any atom is -0.406 e. The number of benzene rings is 2. The fourth-order valence-electron chi connectivity index (χ4n) is 2.64. The Morgan fingerprint density at radius 2 is 1.67 bits per heavy atom. The molecule has 3 rings (SSSR count). The highest BCUT2D eigenvalue weighted by molar-refractivity contribution is 7.80. The number of anilines is 3. The van der Waals surface area contributed by atoms with Crippen LogP contribution in [0.2, 0.25) is 0 Å². The molecule has 2 aromatic rings. The number of rotatable bonds is 4. The van der Waals surface area contributed by atoms with Crippen molar-refractivity contribution in [3.05, 3.63) is 48.5 Å². The quantitative estimate of drug-likeness (QED) is 0.753. The van der Waals surface area contributed by atoms with Crippen LogP contribution in [0.25, 0.3) is 0 Å². The van der Waals surface area contributed by atoms with Crippen molar-refractivity contribution in [2.75, 3.05) is 41.8 Å². The van der Waals surface area contributed by atoms with Gasteiger partial charge < -0.3 is 25.0 Å². The predicted molar refractivity (Wildman–Crippen MR) is 102 cm³/mol. The van der Waals surface area contributed by atoms with E-state index in [4.69, 9.17) is 17.0 Å². The second-order valence-electron chi connectivity index (χ2n) is 5.80. The molecule has 1 fully saturated rings. The lowest BCUT2D eigenvalue weighted by atomic mass is 10.2. The monoisotopic (exact) mass is 397 g/mol. The normalized spacial score (nSPS) is 14.6. The SMILES string of the molecule is FC(F)(F)Oc1cccc(NC(=S)Nc2ccc(N3CCOCC3)cc2)c1. The molecule has 0 amide bonds. The van der Waals surface area contributed by atoms with E-state index >= 15 is 0 Å². The number of nitrogens with zero attached hydrogens (tertiary/aromatic N) is 1. The molecule has 2 N–H and O–H groups in total. The van der Waals surface area contributed by atoms with Gasteiger partial charge in [-0.2, -0.15) is 0 Å². The van der Waals surface area contributed by atoms with Gasteiger partial charge in [0.15, 0.2) is 5.11 Å². The summed E-state index contributed by atoms with van der Waals surface area (Å²) in [6.07, 6.45) is -4.74. The molecule has 0 atom stereocenters. The summed E-state index contributed by atoms with van der Waals surface area (Å²) in [4.78, 5) is 2.23. The van der Waals surface area contributed by atoms with E-state index in [0.29, 0.717) is 18.9 Å². The summed E-state index contributed by atoms with van der Waals surface area (Å²) in [5, 5.41) is 6.11. The second-order valence-corrected chi connectivity index (χ2v) is 6.21. The molecule has 1 heterocycles. The highest BCUT2D eigenvalue weighted by Crippen LogP contribution is 2.25. The Kier molecular flexibility index (Phi) is 6.02. The van der Waals surface area contributed by atoms with Gasteiger partial charge in [-0.15, -0.1) is 13.2 Å². The Morgan fingerprint density at radius 3 is 2.33 bits per heavy atom. The van der Waals surface area contributed by atoms with Crippen LogP contribution in [0.15, 0.2) is 48.5 Å². The molecular formula is C18H18F3N3O2S. The molecule has 2 aromatic carbocycles. The van der Waals surface area contributed by atoms with Crippen molar-refractivity contribution in [2.24, 2.45) is 0 Å². The van der Waals surface area contributed by atoms with Crippen molar-refractivity contribution in [1.82, 2.24) is 0 Å². The zero-order valence-electron chi connectivity index (χ0n) is 14.3. The standard InChI is InChI=1S/C18H18F3N3O2S/c19-18(20,21)26-16-3-1-2-14(12-16)23-17(27)22-13-4-6-15(7-5-13)24-8-10-25-11-9-24/h1-7,12H,8-11H2,(H2,22,23,27). The van der Waals surface area contributed by atoms with Crippen LogP contribution in [0.4, 0.5) is 30.2 Å². The Balaban J connectivity index is 1.57. The van der Waals surface area contributed by atoms with Gasteiger partial charge in [-0.05, 0) is 48.6 Å². The number of morpholine rings is 1. The fraction of sp³-hybridized carbons (Fsp3) is 0.278. The van der Waals surface area contributed by atoms with Crippen LogP contribution in [-0.2, 0) is 4.74 Å². The summed E-state index contributed by atoms with van der Waals surface area (Å²) in [5.74, 6) is -0.315. The molecule has 0 bridgehead atoms. The van der Waals surface area contributed by atoms with Crippen LogP contribution in [0, 0.1) is 0 Å². The zero-order chi connectivity index (χ0) is 19.3. The summed E-state index contributed by atoms with van der Waals surface area (Å²) in [6.45, 7) is 3.13. The van der Waals surface area contributed by atoms with Gasteiger partial charge >= 0.3 is 6.36 Å². The number of alkyl halides is 3. The van der Waals surface area contributed by atoms with E-state index in [0.717, 1.165) is 24.5 Å². The molecule has 0 radical (unpaired) electrons. The maximum atomic E-state index is 12.3. The van der Waals surface area contributed by atoms with Gasteiger partial charge in [0.05, 0.1) is 13.2 Å². The summed E-state index contributed by atoms with van der Waals surface area (Å²) in [6, 6.07) is 13.2. The summed E-state index contributed by atoms with van der Waals surface area (Å²) >= 11 is 5.22. The van der Waals surface area contributed by atoms with Gasteiger partial charge in [0.2, 0.25) is 0 Å². The van der Waals surface area contributed by atoms with Crippen LogP contribution < -0.4 is 20.3 Å².